The Morgan fingerprint density at radius 2 is 2.29 bits per heavy atom. The van der Waals surface area contributed by atoms with Crippen molar-refractivity contribution in [3.05, 3.63) is 10.6 Å². The lowest BCUT2D eigenvalue weighted by atomic mass is 10.0. The minimum Gasteiger partial charge on any atom is -0.372 e. The number of nitrogens with zero attached hydrogens (tertiary/aromatic N) is 1. The van der Waals surface area contributed by atoms with E-state index >= 15 is 0 Å². The molecule has 0 spiro atoms. The van der Waals surface area contributed by atoms with Crippen LogP contribution in [0.25, 0.3) is 0 Å². The fourth-order valence-corrected chi connectivity index (χ4v) is 2.94. The number of anilines is 1. The fraction of sp³-hybridized carbons (Fsp3) is 0.667. The number of thiazole rings is 1. The first-order valence-electron chi connectivity index (χ1n) is 6.15. The molecule has 1 aliphatic rings. The third-order valence-corrected chi connectivity index (χ3v) is 3.75. The predicted molar refractivity (Wildman–Crippen MR) is 68.5 cm³/mol. The molecule has 0 radical (unpaired) electrons. The zero-order valence-electron chi connectivity index (χ0n) is 10.1. The highest BCUT2D eigenvalue weighted by Gasteiger charge is 2.16. The normalized spacial score (nSPS) is 14.4. The van der Waals surface area contributed by atoms with Crippen LogP contribution in [0.15, 0.2) is 0 Å². The molecule has 1 heterocycles. The molecule has 1 aromatic rings. The van der Waals surface area contributed by atoms with Crippen LogP contribution in [-0.2, 0) is 22.4 Å². The molecule has 0 bridgehead atoms. The van der Waals surface area contributed by atoms with Gasteiger partial charge in [0.05, 0.1) is 5.69 Å². The summed E-state index contributed by atoms with van der Waals surface area (Å²) < 4.78 is 5.18. The quantitative estimate of drug-likeness (QED) is 0.821. The molecule has 1 N–H and O–H groups in total. The number of aryl methyl sites for hydroxylation is 2. The molecule has 4 nitrogen and oxygen atoms in total. The first-order chi connectivity index (χ1) is 8.29. The van der Waals surface area contributed by atoms with Crippen molar-refractivity contribution in [3.8, 4) is 0 Å². The summed E-state index contributed by atoms with van der Waals surface area (Å²) in [6.07, 6.45) is 5.54. The summed E-state index contributed by atoms with van der Waals surface area (Å²) in [5.74, 6) is -0.107. The molecule has 0 atom stereocenters. The number of hydrogen-bond acceptors (Lipinski definition) is 4. The second-order valence-electron chi connectivity index (χ2n) is 4.20. The van der Waals surface area contributed by atoms with E-state index in [9.17, 15) is 4.79 Å². The molecule has 2 rings (SSSR count). The van der Waals surface area contributed by atoms with Crippen LogP contribution in [0, 0.1) is 0 Å². The van der Waals surface area contributed by atoms with Gasteiger partial charge in [0.2, 0.25) is 0 Å². The van der Waals surface area contributed by atoms with E-state index in [-0.39, 0.29) is 12.5 Å². The van der Waals surface area contributed by atoms with Gasteiger partial charge in [0.25, 0.3) is 5.91 Å². The maximum atomic E-state index is 11.5. The Balaban J connectivity index is 1.86. The van der Waals surface area contributed by atoms with Crippen molar-refractivity contribution in [3.63, 3.8) is 0 Å². The van der Waals surface area contributed by atoms with Crippen LogP contribution in [0.1, 0.15) is 36.8 Å². The molecule has 5 heteroatoms. The van der Waals surface area contributed by atoms with Crippen molar-refractivity contribution in [1.29, 1.82) is 0 Å². The minimum atomic E-state index is -0.107. The van der Waals surface area contributed by atoms with Crippen LogP contribution in [-0.4, -0.2) is 24.1 Å². The molecule has 0 fully saturated rings. The topological polar surface area (TPSA) is 51.2 Å². The largest absolute Gasteiger partial charge is 0.372 e. The second kappa shape index (κ2) is 6.12. The van der Waals surface area contributed by atoms with Gasteiger partial charge >= 0.3 is 0 Å². The van der Waals surface area contributed by atoms with Crippen LogP contribution in [0.2, 0.25) is 0 Å². The van der Waals surface area contributed by atoms with Crippen LogP contribution >= 0.6 is 11.3 Å². The van der Waals surface area contributed by atoms with Crippen molar-refractivity contribution in [2.24, 2.45) is 0 Å². The SMILES string of the molecule is CCCOCC(=O)Nc1nc2c(s1)CCCC2. The van der Waals surface area contributed by atoms with E-state index in [1.807, 2.05) is 6.92 Å². The zero-order chi connectivity index (χ0) is 12.1. The van der Waals surface area contributed by atoms with Gasteiger partial charge in [0.1, 0.15) is 6.61 Å². The van der Waals surface area contributed by atoms with Gasteiger partial charge in [0, 0.05) is 11.5 Å². The number of ether oxygens (including phenoxy) is 1. The smallest absolute Gasteiger partial charge is 0.252 e. The lowest BCUT2D eigenvalue weighted by Crippen LogP contribution is -2.18. The van der Waals surface area contributed by atoms with Crippen molar-refractivity contribution in [2.75, 3.05) is 18.5 Å². The van der Waals surface area contributed by atoms with Crippen molar-refractivity contribution in [2.45, 2.75) is 39.0 Å². The Labute approximate surface area is 105 Å². The first kappa shape index (κ1) is 12.5. The van der Waals surface area contributed by atoms with Gasteiger partial charge in [-0.1, -0.05) is 6.92 Å². The highest BCUT2D eigenvalue weighted by molar-refractivity contribution is 7.15. The van der Waals surface area contributed by atoms with Crippen molar-refractivity contribution >= 4 is 22.4 Å². The average Bonchev–Trinajstić information content (AvgIpc) is 2.71. The van der Waals surface area contributed by atoms with Crippen LogP contribution in [0.5, 0.6) is 0 Å². The molecule has 0 saturated heterocycles. The van der Waals surface area contributed by atoms with E-state index < -0.39 is 0 Å². The molecule has 0 aliphatic heterocycles. The summed E-state index contributed by atoms with van der Waals surface area (Å²) in [6, 6.07) is 0. The van der Waals surface area contributed by atoms with E-state index in [1.165, 1.54) is 23.4 Å². The van der Waals surface area contributed by atoms with E-state index in [2.05, 4.69) is 10.3 Å². The monoisotopic (exact) mass is 254 g/mol. The lowest BCUT2D eigenvalue weighted by molar-refractivity contribution is -0.120. The van der Waals surface area contributed by atoms with Gasteiger partial charge in [-0.25, -0.2) is 4.98 Å². The number of amides is 1. The van der Waals surface area contributed by atoms with Gasteiger partial charge in [-0.05, 0) is 32.1 Å². The summed E-state index contributed by atoms with van der Waals surface area (Å²) in [5.41, 5.74) is 1.17. The molecule has 1 aliphatic carbocycles. The highest BCUT2D eigenvalue weighted by Crippen LogP contribution is 2.29. The Bertz CT molecular complexity index is 366. The van der Waals surface area contributed by atoms with Gasteiger partial charge in [0.15, 0.2) is 5.13 Å². The fourth-order valence-electron chi connectivity index (χ4n) is 1.87. The van der Waals surface area contributed by atoms with Crippen LogP contribution in [0.3, 0.4) is 0 Å². The summed E-state index contributed by atoms with van der Waals surface area (Å²) in [4.78, 5) is 17.3. The standard InChI is InChI=1S/C12H18N2O2S/c1-2-7-16-8-11(15)14-12-13-9-5-3-4-6-10(9)17-12/h2-8H2,1H3,(H,13,14,15). The number of carbonyl (C=O) groups excluding carboxylic acids is 1. The highest BCUT2D eigenvalue weighted by atomic mass is 32.1. The summed E-state index contributed by atoms with van der Waals surface area (Å²) >= 11 is 1.60. The molecular weight excluding hydrogens is 236 g/mol. The Kier molecular flexibility index (Phi) is 4.50. The first-order valence-corrected chi connectivity index (χ1v) is 6.97. The third kappa shape index (κ3) is 3.51. The molecular formula is C12H18N2O2S. The molecule has 1 amide bonds. The summed E-state index contributed by atoms with van der Waals surface area (Å²) in [6.45, 7) is 2.77. The minimum absolute atomic E-state index is 0.107. The molecule has 0 aromatic carbocycles. The van der Waals surface area contributed by atoms with E-state index in [4.69, 9.17) is 4.74 Å². The Morgan fingerprint density at radius 3 is 3.06 bits per heavy atom. The number of rotatable bonds is 5. The number of fused-ring (bicyclic) bond motifs is 1. The van der Waals surface area contributed by atoms with Gasteiger partial charge in [-0.2, -0.15) is 0 Å². The van der Waals surface area contributed by atoms with E-state index in [1.54, 1.807) is 11.3 Å². The maximum Gasteiger partial charge on any atom is 0.252 e. The van der Waals surface area contributed by atoms with Crippen LogP contribution in [0.4, 0.5) is 5.13 Å². The number of hydrogen-bond donors (Lipinski definition) is 1. The molecule has 1 aromatic heterocycles. The maximum absolute atomic E-state index is 11.5. The zero-order valence-corrected chi connectivity index (χ0v) is 10.9. The number of aromatic nitrogens is 1. The second-order valence-corrected chi connectivity index (χ2v) is 5.28. The van der Waals surface area contributed by atoms with Crippen molar-refractivity contribution in [1.82, 2.24) is 4.98 Å². The number of nitrogens with one attached hydrogen (secondary N) is 1. The molecule has 94 valence electrons. The molecule has 17 heavy (non-hydrogen) atoms. The Hall–Kier alpha value is -0.940. The average molecular weight is 254 g/mol. The van der Waals surface area contributed by atoms with Crippen molar-refractivity contribution < 1.29 is 9.53 Å². The molecule has 0 unspecified atom stereocenters. The van der Waals surface area contributed by atoms with Crippen LogP contribution < -0.4 is 5.32 Å². The van der Waals surface area contributed by atoms with Gasteiger partial charge in [-0.3, -0.25) is 10.1 Å². The van der Waals surface area contributed by atoms with Gasteiger partial charge < -0.3 is 4.74 Å². The van der Waals surface area contributed by atoms with Gasteiger partial charge in [-0.15, -0.1) is 11.3 Å². The summed E-state index contributed by atoms with van der Waals surface area (Å²) in [7, 11) is 0. The summed E-state index contributed by atoms with van der Waals surface area (Å²) in [5, 5.41) is 3.53. The van der Waals surface area contributed by atoms with E-state index in [0.29, 0.717) is 6.61 Å². The lowest BCUT2D eigenvalue weighted by Gasteiger charge is -2.06. The molecule has 0 saturated carbocycles. The number of carbonyl (C=O) groups is 1. The van der Waals surface area contributed by atoms with E-state index in [0.717, 1.165) is 24.4 Å². The third-order valence-electron chi connectivity index (χ3n) is 2.67. The predicted octanol–water partition coefficient (Wildman–Crippen LogP) is 2.39. The Morgan fingerprint density at radius 1 is 1.47 bits per heavy atom.